The number of allylic oxidation sites excluding steroid dienone is 1. The summed E-state index contributed by atoms with van der Waals surface area (Å²) in [5, 5.41) is 0. The Morgan fingerprint density at radius 2 is 1.70 bits per heavy atom. The molecule has 108 valence electrons. The predicted molar refractivity (Wildman–Crippen MR) is 76.7 cm³/mol. The van der Waals surface area contributed by atoms with Gasteiger partial charge in [-0.25, -0.2) is 9.59 Å². The molecule has 20 heavy (non-hydrogen) atoms. The first-order valence-electron chi connectivity index (χ1n) is 6.62. The fraction of sp³-hybridized carbons (Fsp3) is 0.375. The lowest BCUT2D eigenvalue weighted by Gasteiger charge is -2.06. The third-order valence-electron chi connectivity index (χ3n) is 2.48. The molecule has 0 saturated carbocycles. The van der Waals surface area contributed by atoms with Gasteiger partial charge < -0.3 is 9.47 Å². The monoisotopic (exact) mass is 276 g/mol. The van der Waals surface area contributed by atoms with Crippen LogP contribution in [0.3, 0.4) is 0 Å². The molecule has 0 aromatic heterocycles. The Balaban J connectivity index is 2.69. The molecule has 0 aliphatic rings. The van der Waals surface area contributed by atoms with Gasteiger partial charge >= 0.3 is 11.9 Å². The van der Waals surface area contributed by atoms with Crippen LogP contribution in [-0.2, 0) is 9.47 Å². The van der Waals surface area contributed by atoms with E-state index < -0.39 is 11.9 Å². The highest BCUT2D eigenvalue weighted by molar-refractivity contribution is 5.95. The number of hydrogen-bond acceptors (Lipinski definition) is 4. The Morgan fingerprint density at radius 3 is 2.25 bits per heavy atom. The summed E-state index contributed by atoms with van der Waals surface area (Å²) in [5.41, 5.74) is 1.78. The molecule has 0 aliphatic heterocycles. The van der Waals surface area contributed by atoms with Crippen molar-refractivity contribution in [3.63, 3.8) is 0 Å². The molecular weight excluding hydrogens is 256 g/mol. The van der Waals surface area contributed by atoms with Crippen LogP contribution in [0.2, 0.25) is 0 Å². The molecule has 0 amide bonds. The van der Waals surface area contributed by atoms with Crippen LogP contribution in [0.4, 0.5) is 0 Å². The van der Waals surface area contributed by atoms with Crippen molar-refractivity contribution in [2.45, 2.75) is 27.2 Å². The van der Waals surface area contributed by atoms with Crippen molar-refractivity contribution in [3.05, 3.63) is 47.0 Å². The van der Waals surface area contributed by atoms with Crippen molar-refractivity contribution < 1.29 is 19.1 Å². The first-order valence-corrected chi connectivity index (χ1v) is 6.62. The standard InChI is InChI=1S/C16H20O4/c1-4-9-19-15(17)13-6-5-7-14(11-13)16(18)20-10-8-12(2)3/h5-8,11H,4,9-10H2,1-3H3. The van der Waals surface area contributed by atoms with Gasteiger partial charge in [-0.2, -0.15) is 0 Å². The Morgan fingerprint density at radius 1 is 1.10 bits per heavy atom. The van der Waals surface area contributed by atoms with Crippen molar-refractivity contribution in [1.29, 1.82) is 0 Å². The molecule has 0 heterocycles. The quantitative estimate of drug-likeness (QED) is 0.590. The minimum absolute atomic E-state index is 0.228. The SMILES string of the molecule is CCCOC(=O)c1cccc(C(=O)OCC=C(C)C)c1. The van der Waals surface area contributed by atoms with E-state index in [4.69, 9.17) is 9.47 Å². The van der Waals surface area contributed by atoms with E-state index in [0.717, 1.165) is 12.0 Å². The van der Waals surface area contributed by atoms with E-state index in [0.29, 0.717) is 17.7 Å². The number of esters is 2. The summed E-state index contributed by atoms with van der Waals surface area (Å²) in [5.74, 6) is -0.876. The molecular formula is C16H20O4. The van der Waals surface area contributed by atoms with Gasteiger partial charge in [0, 0.05) is 0 Å². The Hall–Kier alpha value is -2.10. The van der Waals surface area contributed by atoms with Gasteiger partial charge in [-0.15, -0.1) is 0 Å². The van der Waals surface area contributed by atoms with Crippen molar-refractivity contribution >= 4 is 11.9 Å². The third kappa shape index (κ3) is 5.26. The number of carbonyl (C=O) groups excluding carboxylic acids is 2. The van der Waals surface area contributed by atoms with Crippen LogP contribution >= 0.6 is 0 Å². The minimum Gasteiger partial charge on any atom is -0.462 e. The zero-order valence-electron chi connectivity index (χ0n) is 12.1. The zero-order valence-corrected chi connectivity index (χ0v) is 12.1. The predicted octanol–water partition coefficient (Wildman–Crippen LogP) is 3.38. The highest BCUT2D eigenvalue weighted by Crippen LogP contribution is 2.09. The molecule has 0 atom stereocenters. The van der Waals surface area contributed by atoms with E-state index in [2.05, 4.69) is 0 Å². The minimum atomic E-state index is -0.451. The first kappa shape index (κ1) is 16.0. The summed E-state index contributed by atoms with van der Waals surface area (Å²) >= 11 is 0. The maximum atomic E-state index is 11.8. The molecule has 4 heteroatoms. The largest absolute Gasteiger partial charge is 0.462 e. The fourth-order valence-corrected chi connectivity index (χ4v) is 1.42. The summed E-state index contributed by atoms with van der Waals surface area (Å²) < 4.78 is 10.1. The molecule has 0 saturated heterocycles. The molecule has 4 nitrogen and oxygen atoms in total. The van der Waals surface area contributed by atoms with E-state index >= 15 is 0 Å². The molecule has 1 aromatic rings. The maximum Gasteiger partial charge on any atom is 0.338 e. The molecule has 0 fully saturated rings. The lowest BCUT2D eigenvalue weighted by Crippen LogP contribution is -2.09. The van der Waals surface area contributed by atoms with Crippen molar-refractivity contribution in [1.82, 2.24) is 0 Å². The van der Waals surface area contributed by atoms with Gasteiger partial charge in [0.1, 0.15) is 6.61 Å². The number of carbonyl (C=O) groups is 2. The molecule has 0 N–H and O–H groups in total. The molecule has 0 unspecified atom stereocenters. The second kappa shape index (κ2) is 8.15. The molecule has 0 bridgehead atoms. The fourth-order valence-electron chi connectivity index (χ4n) is 1.42. The van der Waals surface area contributed by atoms with E-state index in [1.54, 1.807) is 18.2 Å². The lowest BCUT2D eigenvalue weighted by atomic mass is 10.1. The summed E-state index contributed by atoms with van der Waals surface area (Å²) in [6, 6.07) is 6.36. The second-order valence-electron chi connectivity index (χ2n) is 4.60. The Labute approximate surface area is 119 Å². The maximum absolute atomic E-state index is 11.8. The van der Waals surface area contributed by atoms with E-state index in [1.165, 1.54) is 6.07 Å². The van der Waals surface area contributed by atoms with Crippen LogP contribution < -0.4 is 0 Å². The number of ether oxygens (including phenoxy) is 2. The molecule has 0 spiro atoms. The zero-order chi connectivity index (χ0) is 15.0. The van der Waals surface area contributed by atoms with Crippen LogP contribution in [0.1, 0.15) is 47.9 Å². The van der Waals surface area contributed by atoms with Crippen LogP contribution in [0.25, 0.3) is 0 Å². The first-order chi connectivity index (χ1) is 9.54. The van der Waals surface area contributed by atoms with Gasteiger partial charge in [0.15, 0.2) is 0 Å². The summed E-state index contributed by atoms with van der Waals surface area (Å²) in [4.78, 5) is 23.5. The van der Waals surface area contributed by atoms with Crippen LogP contribution in [0.15, 0.2) is 35.9 Å². The highest BCUT2D eigenvalue weighted by Gasteiger charge is 2.11. The van der Waals surface area contributed by atoms with Gasteiger partial charge in [-0.05, 0) is 44.5 Å². The van der Waals surface area contributed by atoms with E-state index in [-0.39, 0.29) is 6.61 Å². The van der Waals surface area contributed by atoms with Crippen molar-refractivity contribution in [2.75, 3.05) is 13.2 Å². The van der Waals surface area contributed by atoms with E-state index in [9.17, 15) is 9.59 Å². The summed E-state index contributed by atoms with van der Waals surface area (Å²) in [6.07, 6.45) is 2.58. The average molecular weight is 276 g/mol. The van der Waals surface area contributed by atoms with Gasteiger partial charge in [0.05, 0.1) is 17.7 Å². The average Bonchev–Trinajstić information content (AvgIpc) is 2.44. The topological polar surface area (TPSA) is 52.6 Å². The molecule has 0 aliphatic carbocycles. The van der Waals surface area contributed by atoms with Crippen molar-refractivity contribution in [3.8, 4) is 0 Å². The smallest absolute Gasteiger partial charge is 0.338 e. The van der Waals surface area contributed by atoms with Crippen LogP contribution in [-0.4, -0.2) is 25.2 Å². The number of rotatable bonds is 6. The van der Waals surface area contributed by atoms with Gasteiger partial charge in [-0.3, -0.25) is 0 Å². The second-order valence-corrected chi connectivity index (χ2v) is 4.60. The highest BCUT2D eigenvalue weighted by atomic mass is 16.5. The summed E-state index contributed by atoms with van der Waals surface area (Å²) in [6.45, 7) is 6.38. The number of hydrogen-bond donors (Lipinski definition) is 0. The van der Waals surface area contributed by atoms with E-state index in [1.807, 2.05) is 26.8 Å². The Kier molecular flexibility index (Phi) is 6.50. The van der Waals surface area contributed by atoms with Gasteiger partial charge in [0.2, 0.25) is 0 Å². The Bertz CT molecular complexity index is 499. The third-order valence-corrected chi connectivity index (χ3v) is 2.48. The number of benzene rings is 1. The van der Waals surface area contributed by atoms with Crippen molar-refractivity contribution in [2.24, 2.45) is 0 Å². The normalized spacial score (nSPS) is 9.75. The molecule has 1 aromatic carbocycles. The summed E-state index contributed by atoms with van der Waals surface area (Å²) in [7, 11) is 0. The lowest BCUT2D eigenvalue weighted by molar-refractivity contribution is 0.0505. The van der Waals surface area contributed by atoms with Gasteiger partial charge in [-0.1, -0.05) is 18.6 Å². The van der Waals surface area contributed by atoms with Crippen LogP contribution in [0, 0.1) is 0 Å². The molecule has 0 radical (unpaired) electrons. The van der Waals surface area contributed by atoms with Gasteiger partial charge in [0.25, 0.3) is 0 Å². The van der Waals surface area contributed by atoms with Crippen LogP contribution in [0.5, 0.6) is 0 Å². The molecule has 1 rings (SSSR count).